The van der Waals surface area contributed by atoms with E-state index >= 15 is 0 Å². The summed E-state index contributed by atoms with van der Waals surface area (Å²) in [7, 11) is 0. The van der Waals surface area contributed by atoms with Gasteiger partial charge in [0.05, 0.1) is 0 Å². The normalized spacial score (nSPS) is 10.5. The van der Waals surface area contributed by atoms with E-state index in [0.29, 0.717) is 12.2 Å². The zero-order chi connectivity index (χ0) is 14.5. The molecule has 0 unspecified atom stereocenters. The lowest BCUT2D eigenvalue weighted by atomic mass is 10.2. The Morgan fingerprint density at radius 2 is 2.00 bits per heavy atom. The van der Waals surface area contributed by atoms with Crippen LogP contribution in [0, 0.1) is 0 Å². The summed E-state index contributed by atoms with van der Waals surface area (Å²) in [5.41, 5.74) is 2.78. The van der Waals surface area contributed by atoms with Crippen molar-refractivity contribution in [3.63, 3.8) is 0 Å². The molecule has 0 bridgehead atoms. The van der Waals surface area contributed by atoms with Crippen molar-refractivity contribution < 1.29 is 4.79 Å². The van der Waals surface area contributed by atoms with Crippen LogP contribution in [0.5, 0.6) is 0 Å². The van der Waals surface area contributed by atoms with E-state index in [1.165, 1.54) is 16.9 Å². The number of amides is 1. The van der Waals surface area contributed by atoms with Crippen LogP contribution in [0.2, 0.25) is 0 Å². The third kappa shape index (κ3) is 3.56. The Morgan fingerprint density at radius 1 is 1.14 bits per heavy atom. The van der Waals surface area contributed by atoms with Crippen molar-refractivity contribution in [2.24, 2.45) is 0 Å². The molecule has 3 nitrogen and oxygen atoms in total. The highest BCUT2D eigenvalue weighted by molar-refractivity contribution is 7.13. The number of thiophene rings is 1. The molecule has 106 valence electrons. The predicted molar refractivity (Wildman–Crippen MR) is 87.9 cm³/mol. The van der Waals surface area contributed by atoms with Crippen LogP contribution in [0.3, 0.4) is 0 Å². The summed E-state index contributed by atoms with van der Waals surface area (Å²) in [5.74, 6) is -0.108. The van der Waals surface area contributed by atoms with Crippen molar-refractivity contribution >= 4 is 28.6 Å². The maximum atomic E-state index is 12.1. The van der Waals surface area contributed by atoms with Gasteiger partial charge in [0.15, 0.2) is 0 Å². The van der Waals surface area contributed by atoms with Crippen molar-refractivity contribution in [1.82, 2.24) is 10.3 Å². The fourth-order valence-corrected chi connectivity index (χ4v) is 3.45. The topological polar surface area (TPSA) is 42.0 Å². The molecule has 0 spiro atoms. The largest absolute Gasteiger partial charge is 0.350 e. The number of rotatable bonds is 5. The van der Waals surface area contributed by atoms with Crippen molar-refractivity contribution in [2.75, 3.05) is 6.54 Å². The van der Waals surface area contributed by atoms with Crippen molar-refractivity contribution in [3.05, 3.63) is 63.8 Å². The first-order valence-electron chi connectivity index (χ1n) is 6.63. The first-order chi connectivity index (χ1) is 10.3. The Balaban J connectivity index is 1.59. The van der Waals surface area contributed by atoms with Gasteiger partial charge in [-0.1, -0.05) is 30.3 Å². The van der Waals surface area contributed by atoms with Crippen LogP contribution >= 0.6 is 22.7 Å². The molecule has 1 amide bonds. The number of hydrogen-bond donors (Lipinski definition) is 1. The molecule has 1 N–H and O–H groups in total. The zero-order valence-electron chi connectivity index (χ0n) is 11.3. The second-order valence-corrected chi connectivity index (χ2v) is 6.18. The van der Waals surface area contributed by atoms with Crippen molar-refractivity contribution in [1.29, 1.82) is 0 Å². The monoisotopic (exact) mass is 314 g/mol. The predicted octanol–water partition coefficient (Wildman–Crippen LogP) is 3.84. The van der Waals surface area contributed by atoms with Gasteiger partial charge in [0, 0.05) is 17.5 Å². The Labute approximate surface area is 131 Å². The SMILES string of the molecule is O=C(NCCc1ccsc1)c1csc(-c2ccccc2)n1. The maximum Gasteiger partial charge on any atom is 0.270 e. The van der Waals surface area contributed by atoms with E-state index in [1.807, 2.05) is 41.1 Å². The van der Waals surface area contributed by atoms with E-state index in [2.05, 4.69) is 21.7 Å². The lowest BCUT2D eigenvalue weighted by Gasteiger charge is -2.01. The summed E-state index contributed by atoms with van der Waals surface area (Å²) in [6, 6.07) is 12.0. The van der Waals surface area contributed by atoms with Gasteiger partial charge in [-0.25, -0.2) is 4.98 Å². The first-order valence-corrected chi connectivity index (χ1v) is 8.45. The van der Waals surface area contributed by atoms with E-state index in [9.17, 15) is 4.79 Å². The zero-order valence-corrected chi connectivity index (χ0v) is 12.9. The number of thiazole rings is 1. The molecular weight excluding hydrogens is 300 g/mol. The molecule has 3 aromatic rings. The second-order valence-electron chi connectivity index (χ2n) is 4.54. The van der Waals surface area contributed by atoms with E-state index in [4.69, 9.17) is 0 Å². The van der Waals surface area contributed by atoms with Gasteiger partial charge < -0.3 is 5.32 Å². The van der Waals surface area contributed by atoms with Crippen LogP contribution in [0.15, 0.2) is 52.5 Å². The fraction of sp³-hybridized carbons (Fsp3) is 0.125. The average molecular weight is 314 g/mol. The third-order valence-corrected chi connectivity index (χ3v) is 4.66. The summed E-state index contributed by atoms with van der Waals surface area (Å²) < 4.78 is 0. The van der Waals surface area contributed by atoms with Gasteiger partial charge in [-0.15, -0.1) is 11.3 Å². The molecule has 0 aliphatic rings. The van der Waals surface area contributed by atoms with Crippen LogP contribution < -0.4 is 5.32 Å². The molecule has 0 fully saturated rings. The molecule has 0 aliphatic heterocycles. The molecule has 3 rings (SSSR count). The average Bonchev–Trinajstić information content (AvgIpc) is 3.20. The number of nitrogens with zero attached hydrogens (tertiary/aromatic N) is 1. The molecule has 0 radical (unpaired) electrons. The minimum Gasteiger partial charge on any atom is -0.350 e. The highest BCUT2D eigenvalue weighted by Gasteiger charge is 2.11. The number of nitrogens with one attached hydrogen (secondary N) is 1. The van der Waals surface area contributed by atoms with Crippen LogP contribution in [-0.4, -0.2) is 17.4 Å². The number of carbonyl (C=O) groups excluding carboxylic acids is 1. The van der Waals surface area contributed by atoms with E-state index in [1.54, 1.807) is 11.3 Å². The van der Waals surface area contributed by atoms with Gasteiger partial charge in [-0.3, -0.25) is 4.79 Å². The Bertz CT molecular complexity index is 705. The van der Waals surface area contributed by atoms with Crippen LogP contribution in [0.25, 0.3) is 10.6 Å². The van der Waals surface area contributed by atoms with E-state index < -0.39 is 0 Å². The number of benzene rings is 1. The van der Waals surface area contributed by atoms with Crippen molar-refractivity contribution in [2.45, 2.75) is 6.42 Å². The molecular formula is C16H14N2OS2. The standard InChI is InChI=1S/C16H14N2OS2/c19-15(17-8-6-12-7-9-20-10-12)14-11-21-16(18-14)13-4-2-1-3-5-13/h1-5,7,9-11H,6,8H2,(H,17,19). The summed E-state index contributed by atoms with van der Waals surface area (Å²) in [5, 5.41) is 9.74. The Morgan fingerprint density at radius 3 is 2.76 bits per heavy atom. The molecule has 0 saturated carbocycles. The summed E-state index contributed by atoms with van der Waals surface area (Å²) >= 11 is 3.16. The summed E-state index contributed by atoms with van der Waals surface area (Å²) in [6.45, 7) is 0.633. The quantitative estimate of drug-likeness (QED) is 0.777. The van der Waals surface area contributed by atoms with Gasteiger partial charge in [-0.2, -0.15) is 11.3 Å². The lowest BCUT2D eigenvalue weighted by Crippen LogP contribution is -2.25. The first kappa shape index (κ1) is 14.0. The second kappa shape index (κ2) is 6.65. The van der Waals surface area contributed by atoms with Crippen LogP contribution in [0.4, 0.5) is 0 Å². The van der Waals surface area contributed by atoms with E-state index in [-0.39, 0.29) is 5.91 Å². The highest BCUT2D eigenvalue weighted by Crippen LogP contribution is 2.23. The summed E-state index contributed by atoms with van der Waals surface area (Å²) in [6.07, 6.45) is 0.852. The number of aromatic nitrogens is 1. The maximum absolute atomic E-state index is 12.1. The van der Waals surface area contributed by atoms with E-state index in [0.717, 1.165) is 17.0 Å². The molecule has 1 aromatic carbocycles. The fourth-order valence-electron chi connectivity index (χ4n) is 1.94. The molecule has 0 saturated heterocycles. The van der Waals surface area contributed by atoms with Gasteiger partial charge in [-0.05, 0) is 28.8 Å². The minimum absolute atomic E-state index is 0.108. The Kier molecular flexibility index (Phi) is 4.43. The molecule has 0 aliphatic carbocycles. The van der Waals surface area contributed by atoms with Gasteiger partial charge >= 0.3 is 0 Å². The third-order valence-electron chi connectivity index (χ3n) is 3.04. The van der Waals surface area contributed by atoms with Crippen molar-refractivity contribution in [3.8, 4) is 10.6 Å². The smallest absolute Gasteiger partial charge is 0.270 e. The Hall–Kier alpha value is -1.98. The van der Waals surface area contributed by atoms with Gasteiger partial charge in [0.2, 0.25) is 0 Å². The van der Waals surface area contributed by atoms with Crippen LogP contribution in [-0.2, 0) is 6.42 Å². The molecule has 2 aromatic heterocycles. The minimum atomic E-state index is -0.108. The van der Waals surface area contributed by atoms with Gasteiger partial charge in [0.1, 0.15) is 10.7 Å². The number of hydrogen-bond acceptors (Lipinski definition) is 4. The summed E-state index contributed by atoms with van der Waals surface area (Å²) in [4.78, 5) is 16.5. The molecule has 21 heavy (non-hydrogen) atoms. The molecule has 2 heterocycles. The lowest BCUT2D eigenvalue weighted by molar-refractivity contribution is 0.0950. The molecule has 5 heteroatoms. The highest BCUT2D eigenvalue weighted by atomic mass is 32.1. The van der Waals surface area contributed by atoms with Gasteiger partial charge in [0.25, 0.3) is 5.91 Å². The van der Waals surface area contributed by atoms with Crippen LogP contribution in [0.1, 0.15) is 16.1 Å². The molecule has 0 atom stereocenters. The number of carbonyl (C=O) groups is 1.